The second kappa shape index (κ2) is 6.08. The molecule has 1 saturated heterocycles. The van der Waals surface area contributed by atoms with Gasteiger partial charge in [-0.05, 0) is 0 Å². The molecule has 0 aliphatic carbocycles. The molecule has 3 rings (SSSR count). The first-order chi connectivity index (χ1) is 12.1. The fourth-order valence-corrected chi connectivity index (χ4v) is 2.76. The number of aliphatic hydroxyl groups excluding tert-OH is 1. The fourth-order valence-electron chi connectivity index (χ4n) is 2.51. The number of aliphatic hydroxyl groups is 3. The maximum atomic E-state index is 12.5. The van der Waals surface area contributed by atoms with Crippen molar-refractivity contribution in [3.63, 3.8) is 0 Å². The van der Waals surface area contributed by atoms with Crippen LogP contribution >= 0.6 is 12.2 Å². The zero-order valence-electron chi connectivity index (χ0n) is 14.0. The van der Waals surface area contributed by atoms with E-state index >= 15 is 0 Å². The highest BCUT2D eigenvalue weighted by Gasteiger charge is 2.55. The van der Waals surface area contributed by atoms with E-state index in [4.69, 9.17) is 25.4 Å². The lowest BCUT2D eigenvalue weighted by molar-refractivity contribution is -0.0722. The average Bonchev–Trinajstić information content (AvgIpc) is 3.05. The van der Waals surface area contributed by atoms with Crippen LogP contribution < -0.4 is 5.73 Å². The van der Waals surface area contributed by atoms with Crippen molar-refractivity contribution < 1.29 is 27.2 Å². The molecule has 128 valence electrons. The molecule has 2 aromatic heterocycles. The molecule has 3 heterocycles. The van der Waals surface area contributed by atoms with E-state index in [0.717, 1.165) is 4.57 Å². The number of rotatable bonds is 2. The third kappa shape index (κ3) is 2.45. The number of alkyl halides is 1. The predicted octanol–water partition coefficient (Wildman–Crippen LogP) is -0.974. The lowest BCUT2D eigenvalue weighted by atomic mass is 9.94. The fraction of sp³-hybridized carbons (Fsp3) is 0.462. The minimum absolute atomic E-state index is 0.0564. The first-order valence-corrected chi connectivity index (χ1v) is 7.07. The monoisotopic (exact) mass is 357 g/mol. The quantitative estimate of drug-likeness (QED) is 0.341. The van der Waals surface area contributed by atoms with Crippen LogP contribution in [0, 0.1) is 16.5 Å². The van der Waals surface area contributed by atoms with Crippen molar-refractivity contribution in [3.8, 4) is 11.8 Å². The van der Waals surface area contributed by atoms with E-state index in [1.165, 1.54) is 6.33 Å². The molecule has 11 heteroatoms. The lowest BCUT2D eigenvalue weighted by Gasteiger charge is -2.26. The van der Waals surface area contributed by atoms with Crippen molar-refractivity contribution in [2.45, 2.75) is 24.0 Å². The Labute approximate surface area is 142 Å². The van der Waals surface area contributed by atoms with Gasteiger partial charge >= 0.3 is 0 Å². The van der Waals surface area contributed by atoms with E-state index in [0.29, 0.717) is 0 Å². The topological polar surface area (TPSA) is 142 Å². The number of hydrogen-bond donors (Lipinski definition) is 5. The van der Waals surface area contributed by atoms with Crippen molar-refractivity contribution in [2.75, 3.05) is 19.0 Å². The Morgan fingerprint density at radius 3 is 3.08 bits per heavy atom. The number of aromatic nitrogens is 4. The van der Waals surface area contributed by atoms with Crippen LogP contribution in [0.15, 0.2) is 6.33 Å². The first kappa shape index (κ1) is 14.3. The molecule has 24 heavy (non-hydrogen) atoms. The van der Waals surface area contributed by atoms with Crippen LogP contribution in [-0.4, -0.2) is 65.9 Å². The number of imidazole rings is 1. The number of anilines is 1. The zero-order chi connectivity index (χ0) is 19.3. The van der Waals surface area contributed by atoms with Crippen LogP contribution in [0.1, 0.15) is 8.97 Å². The summed E-state index contributed by atoms with van der Waals surface area (Å²) in [6.07, 6.45) is -4.24. The van der Waals surface area contributed by atoms with Crippen molar-refractivity contribution in [1.29, 1.82) is 0 Å². The number of fused-ring (bicyclic) bond motifs is 1. The second-order valence-electron chi connectivity index (χ2n) is 5.02. The van der Waals surface area contributed by atoms with Gasteiger partial charge in [0.2, 0.25) is 0 Å². The van der Waals surface area contributed by atoms with Crippen LogP contribution in [0.3, 0.4) is 0 Å². The molecule has 9 nitrogen and oxygen atoms in total. The molecule has 0 amide bonds. The number of nitrogens with zero attached hydrogens (tertiary/aromatic N) is 3. The summed E-state index contributed by atoms with van der Waals surface area (Å²) in [5, 5.41) is 30.7. The van der Waals surface area contributed by atoms with Crippen LogP contribution in [0.25, 0.3) is 11.2 Å². The molecule has 0 aromatic carbocycles. The second-order valence-corrected chi connectivity index (χ2v) is 5.41. The van der Waals surface area contributed by atoms with Gasteiger partial charge in [0.15, 0.2) is 22.4 Å². The molecule has 1 fully saturated rings. The predicted molar refractivity (Wildman–Crippen MR) is 82.8 cm³/mol. The molecule has 0 radical (unpaired) electrons. The molecule has 1 aliphatic rings. The number of nitrogens with one attached hydrogen (secondary N) is 1. The molecule has 1 unspecified atom stereocenters. The Bertz CT molecular complexity index is 967. The summed E-state index contributed by atoms with van der Waals surface area (Å²) in [6.45, 7) is -4.13. The van der Waals surface area contributed by atoms with Gasteiger partial charge in [0, 0.05) is 0 Å². The Morgan fingerprint density at radius 1 is 1.67 bits per heavy atom. The van der Waals surface area contributed by atoms with Gasteiger partial charge in [0.05, 0.1) is 15.6 Å². The molecule has 0 bridgehead atoms. The summed E-state index contributed by atoms with van der Waals surface area (Å²) >= 11 is 5.04. The SMILES string of the molecule is [2H]C([2H])(O)[C@H]1O[C@@H](n2cnc3c(=S)nc(N)[nH]c32)C(O)(C#CCF)[C@H]1O. The number of hydrogen-bond acceptors (Lipinski definition) is 8. The summed E-state index contributed by atoms with van der Waals surface area (Å²) < 4.78 is 33.8. The normalized spacial score (nSPS) is 31.4. The standard InChI is InChI=1S/C13H14FN5O4S/c14-3-1-2-13(22)8(21)6(4-20)23-11(13)19-5-16-7-9(19)17-12(15)18-10(7)24/h5-6,8,11,20-22H,3-4H2,(H3,15,17,18,24)/t6-,8+,11-,13?/m1/s1/i4D2. The van der Waals surface area contributed by atoms with Crippen LogP contribution in [-0.2, 0) is 4.74 Å². The van der Waals surface area contributed by atoms with Crippen molar-refractivity contribution >= 4 is 29.3 Å². The minimum Gasteiger partial charge on any atom is -0.394 e. The molecule has 1 aliphatic heterocycles. The number of aromatic amines is 1. The summed E-state index contributed by atoms with van der Waals surface area (Å²) in [6, 6.07) is 0. The highest BCUT2D eigenvalue weighted by atomic mass is 32.1. The van der Waals surface area contributed by atoms with E-state index in [2.05, 4.69) is 20.9 Å². The molecule has 4 atom stereocenters. The summed E-state index contributed by atoms with van der Waals surface area (Å²) in [5.41, 5.74) is 3.52. The molecule has 0 saturated carbocycles. The van der Waals surface area contributed by atoms with Crippen LogP contribution in [0.2, 0.25) is 0 Å². The van der Waals surface area contributed by atoms with E-state index in [-0.39, 0.29) is 21.8 Å². The van der Waals surface area contributed by atoms with Gasteiger partial charge in [0.25, 0.3) is 0 Å². The van der Waals surface area contributed by atoms with E-state index in [1.54, 1.807) is 0 Å². The Balaban J connectivity index is 2.20. The molecule has 6 N–H and O–H groups in total. The summed E-state index contributed by atoms with van der Waals surface area (Å²) in [5.74, 6) is 4.06. The van der Waals surface area contributed by atoms with E-state index in [9.17, 15) is 19.7 Å². The smallest absolute Gasteiger partial charge is 0.200 e. The van der Waals surface area contributed by atoms with Gasteiger partial charge in [-0.3, -0.25) is 4.57 Å². The van der Waals surface area contributed by atoms with Crippen molar-refractivity contribution in [2.24, 2.45) is 0 Å². The Morgan fingerprint density at radius 2 is 2.42 bits per heavy atom. The number of nitrogens with two attached hydrogens (primary N) is 1. The maximum absolute atomic E-state index is 12.5. The van der Waals surface area contributed by atoms with E-state index < -0.39 is 37.3 Å². The van der Waals surface area contributed by atoms with Gasteiger partial charge in [-0.15, -0.1) is 0 Å². The van der Waals surface area contributed by atoms with Gasteiger partial charge in [-0.2, -0.15) is 0 Å². The van der Waals surface area contributed by atoms with Gasteiger partial charge in [-0.25, -0.2) is 14.4 Å². The van der Waals surface area contributed by atoms with Crippen molar-refractivity contribution in [3.05, 3.63) is 11.0 Å². The maximum Gasteiger partial charge on any atom is 0.200 e. The highest BCUT2D eigenvalue weighted by Crippen LogP contribution is 2.39. The number of halogens is 1. The molecule has 0 spiro atoms. The van der Waals surface area contributed by atoms with Crippen LogP contribution in [0.4, 0.5) is 10.3 Å². The minimum atomic E-state index is -3.01. The van der Waals surface area contributed by atoms with Gasteiger partial charge in [-0.1, -0.05) is 24.1 Å². The molecular weight excluding hydrogens is 341 g/mol. The third-order valence-electron chi connectivity index (χ3n) is 3.59. The summed E-state index contributed by atoms with van der Waals surface area (Å²) in [7, 11) is 0. The largest absolute Gasteiger partial charge is 0.394 e. The van der Waals surface area contributed by atoms with Crippen LogP contribution in [0.5, 0.6) is 0 Å². The molecular formula is C13H14FN5O4S. The molecule has 2 aromatic rings. The Kier molecular flexibility index (Phi) is 3.61. The average molecular weight is 357 g/mol. The van der Waals surface area contributed by atoms with Gasteiger partial charge in [0.1, 0.15) is 30.0 Å². The van der Waals surface area contributed by atoms with Gasteiger partial charge < -0.3 is 30.8 Å². The number of nitrogen functional groups attached to an aromatic ring is 1. The number of H-pyrrole nitrogens is 1. The van der Waals surface area contributed by atoms with Crippen molar-refractivity contribution in [1.82, 2.24) is 19.5 Å². The number of ether oxygens (including phenoxy) is 1. The Hall–Kier alpha value is -2.10. The summed E-state index contributed by atoms with van der Waals surface area (Å²) in [4.78, 5) is 10.5. The highest BCUT2D eigenvalue weighted by molar-refractivity contribution is 7.71. The lowest BCUT2D eigenvalue weighted by Crippen LogP contribution is -2.46. The third-order valence-corrected chi connectivity index (χ3v) is 3.87. The zero-order valence-corrected chi connectivity index (χ0v) is 12.8. The van der Waals surface area contributed by atoms with E-state index in [1.807, 2.05) is 5.92 Å². The first-order valence-electron chi connectivity index (χ1n) is 7.66.